The summed E-state index contributed by atoms with van der Waals surface area (Å²) in [4.78, 5) is 12.0. The van der Waals surface area contributed by atoms with E-state index in [1.807, 2.05) is 20.8 Å². The molecule has 2 heterocycles. The largest absolute Gasteiger partial charge is 0.457 e. The molecule has 2 aromatic rings. The lowest BCUT2D eigenvalue weighted by atomic mass is 10.1. The molecule has 0 fully saturated rings. The topological polar surface area (TPSA) is 31.2 Å². The normalized spacial score (nSPS) is 16.5. The van der Waals surface area contributed by atoms with Crippen LogP contribution < -0.4 is 0 Å². The van der Waals surface area contributed by atoms with Gasteiger partial charge in [0.25, 0.3) is 0 Å². The zero-order valence-electron chi connectivity index (χ0n) is 13.1. The van der Waals surface area contributed by atoms with Crippen molar-refractivity contribution in [2.75, 3.05) is 0 Å². The Morgan fingerprint density at radius 3 is 2.76 bits per heavy atom. The van der Waals surface area contributed by atoms with E-state index in [-0.39, 0.29) is 5.97 Å². The van der Waals surface area contributed by atoms with Gasteiger partial charge in [0.2, 0.25) is 0 Å². The van der Waals surface area contributed by atoms with E-state index in [2.05, 4.69) is 35.8 Å². The predicted octanol–water partition coefficient (Wildman–Crippen LogP) is 4.08. The molecule has 1 aliphatic rings. The molecule has 0 N–H and O–H groups in total. The third-order valence-corrected chi connectivity index (χ3v) is 3.69. The third kappa shape index (κ3) is 2.73. The maximum absolute atomic E-state index is 12.0. The lowest BCUT2D eigenvalue weighted by molar-refractivity contribution is -0.148. The number of hydrogen-bond acceptors (Lipinski definition) is 2. The number of hydrogen-bond donors (Lipinski definition) is 0. The van der Waals surface area contributed by atoms with Crippen LogP contribution >= 0.6 is 0 Å². The number of carbonyl (C=O) groups excluding carboxylic acids is 1. The number of rotatable bonds is 1. The minimum Gasteiger partial charge on any atom is -0.457 e. The van der Waals surface area contributed by atoms with Crippen molar-refractivity contribution >= 4 is 22.4 Å². The van der Waals surface area contributed by atoms with Gasteiger partial charge in [-0.15, -0.1) is 0 Å². The van der Waals surface area contributed by atoms with Gasteiger partial charge in [0, 0.05) is 29.2 Å². The number of aromatic nitrogens is 1. The number of fused-ring (bicyclic) bond motifs is 3. The van der Waals surface area contributed by atoms with Gasteiger partial charge < -0.3 is 9.30 Å². The smallest absolute Gasteiger partial charge is 0.331 e. The van der Waals surface area contributed by atoms with E-state index >= 15 is 0 Å². The molecule has 0 bridgehead atoms. The second-order valence-corrected chi connectivity index (χ2v) is 6.70. The standard InChI is InChI=1S/C18H21NO2/c1-12-5-6-15-14(9-12)10-16-13(7-8-19(15)16)11-17(20)21-18(2,3)4/h5-6,9-11H,7-8H2,1-4H3/b13-11-. The van der Waals surface area contributed by atoms with Gasteiger partial charge >= 0.3 is 5.97 Å². The van der Waals surface area contributed by atoms with Gasteiger partial charge in [-0.3, -0.25) is 0 Å². The van der Waals surface area contributed by atoms with E-state index in [4.69, 9.17) is 4.74 Å². The van der Waals surface area contributed by atoms with Gasteiger partial charge in [-0.2, -0.15) is 0 Å². The summed E-state index contributed by atoms with van der Waals surface area (Å²) in [5.74, 6) is -0.257. The summed E-state index contributed by atoms with van der Waals surface area (Å²) in [6.07, 6.45) is 2.54. The van der Waals surface area contributed by atoms with Gasteiger partial charge in [0.15, 0.2) is 0 Å². The minimum atomic E-state index is -0.448. The summed E-state index contributed by atoms with van der Waals surface area (Å²) in [5.41, 5.74) is 4.25. The molecule has 0 amide bonds. The molecule has 0 atom stereocenters. The van der Waals surface area contributed by atoms with Gasteiger partial charge in [0.05, 0.1) is 0 Å². The van der Waals surface area contributed by atoms with Crippen LogP contribution in [0.2, 0.25) is 0 Å². The highest BCUT2D eigenvalue weighted by Crippen LogP contribution is 2.33. The number of ether oxygens (including phenoxy) is 1. The Bertz CT molecular complexity index is 744. The molecule has 1 aliphatic heterocycles. The van der Waals surface area contributed by atoms with Gasteiger partial charge in [-0.25, -0.2) is 4.79 Å². The molecule has 0 unspecified atom stereocenters. The Hall–Kier alpha value is -2.03. The molecular weight excluding hydrogens is 262 g/mol. The van der Waals surface area contributed by atoms with Crippen LogP contribution in [0.15, 0.2) is 30.3 Å². The number of allylic oxidation sites excluding steroid dienone is 1. The minimum absolute atomic E-state index is 0.257. The van der Waals surface area contributed by atoms with Crippen molar-refractivity contribution in [2.24, 2.45) is 0 Å². The average molecular weight is 283 g/mol. The fourth-order valence-electron chi connectivity index (χ4n) is 2.88. The van der Waals surface area contributed by atoms with Crippen molar-refractivity contribution in [3.63, 3.8) is 0 Å². The molecule has 110 valence electrons. The highest BCUT2D eigenvalue weighted by atomic mass is 16.6. The first kappa shape index (κ1) is 13.9. The van der Waals surface area contributed by atoms with E-state index in [9.17, 15) is 4.79 Å². The molecule has 1 aromatic carbocycles. The van der Waals surface area contributed by atoms with Crippen molar-refractivity contribution in [3.8, 4) is 0 Å². The van der Waals surface area contributed by atoms with Crippen LogP contribution in [-0.4, -0.2) is 16.1 Å². The summed E-state index contributed by atoms with van der Waals surface area (Å²) in [6, 6.07) is 8.65. The van der Waals surface area contributed by atoms with Gasteiger partial charge in [0.1, 0.15) is 5.60 Å². The Labute approximate surface area is 125 Å². The summed E-state index contributed by atoms with van der Waals surface area (Å²) < 4.78 is 7.67. The molecule has 3 rings (SSSR count). The zero-order valence-corrected chi connectivity index (χ0v) is 13.1. The number of benzene rings is 1. The van der Waals surface area contributed by atoms with Crippen molar-refractivity contribution in [1.82, 2.24) is 4.57 Å². The SMILES string of the molecule is Cc1ccc2c(c1)cc1n2CC/C1=C/C(=O)OC(C)(C)C. The zero-order chi connectivity index (χ0) is 15.2. The summed E-state index contributed by atoms with van der Waals surface area (Å²) in [6.45, 7) is 8.68. The molecule has 0 saturated carbocycles. The van der Waals surface area contributed by atoms with E-state index in [0.717, 1.165) is 24.2 Å². The number of esters is 1. The molecular formula is C18H21NO2. The average Bonchev–Trinajstić information content (AvgIpc) is 2.86. The number of carbonyl (C=O) groups is 1. The van der Waals surface area contributed by atoms with Crippen molar-refractivity contribution in [2.45, 2.75) is 46.3 Å². The Morgan fingerprint density at radius 1 is 1.29 bits per heavy atom. The van der Waals surface area contributed by atoms with Crippen molar-refractivity contribution < 1.29 is 9.53 Å². The summed E-state index contributed by atoms with van der Waals surface area (Å²) in [5, 5.41) is 1.24. The molecule has 0 radical (unpaired) electrons. The maximum atomic E-state index is 12.0. The van der Waals surface area contributed by atoms with E-state index < -0.39 is 5.60 Å². The summed E-state index contributed by atoms with van der Waals surface area (Å²) in [7, 11) is 0. The maximum Gasteiger partial charge on any atom is 0.331 e. The molecule has 0 saturated heterocycles. The Morgan fingerprint density at radius 2 is 2.05 bits per heavy atom. The molecule has 1 aromatic heterocycles. The lowest BCUT2D eigenvalue weighted by Crippen LogP contribution is -2.22. The highest BCUT2D eigenvalue weighted by Gasteiger charge is 2.21. The van der Waals surface area contributed by atoms with E-state index in [0.29, 0.717) is 0 Å². The second kappa shape index (κ2) is 4.76. The van der Waals surface area contributed by atoms with Crippen LogP contribution in [0.25, 0.3) is 16.5 Å². The number of nitrogens with zero attached hydrogens (tertiary/aromatic N) is 1. The highest BCUT2D eigenvalue weighted by molar-refractivity contribution is 5.95. The third-order valence-electron chi connectivity index (χ3n) is 3.69. The van der Waals surface area contributed by atoms with Crippen LogP contribution in [0.5, 0.6) is 0 Å². The quantitative estimate of drug-likeness (QED) is 0.583. The fraction of sp³-hybridized carbons (Fsp3) is 0.389. The van der Waals surface area contributed by atoms with Crippen molar-refractivity contribution in [1.29, 1.82) is 0 Å². The van der Waals surface area contributed by atoms with Crippen LogP contribution in [0.3, 0.4) is 0 Å². The lowest BCUT2D eigenvalue weighted by Gasteiger charge is -2.18. The van der Waals surface area contributed by atoms with Crippen LogP contribution in [0.4, 0.5) is 0 Å². The van der Waals surface area contributed by atoms with Gasteiger partial charge in [-0.05, 0) is 57.9 Å². The second-order valence-electron chi connectivity index (χ2n) is 6.70. The molecule has 0 aliphatic carbocycles. The monoisotopic (exact) mass is 283 g/mol. The Kier molecular flexibility index (Phi) is 3.16. The van der Waals surface area contributed by atoms with E-state index in [1.54, 1.807) is 6.08 Å². The predicted molar refractivity (Wildman–Crippen MR) is 85.1 cm³/mol. The molecule has 21 heavy (non-hydrogen) atoms. The fourth-order valence-corrected chi connectivity index (χ4v) is 2.88. The molecule has 3 nitrogen and oxygen atoms in total. The van der Waals surface area contributed by atoms with Crippen LogP contribution in [0.1, 0.15) is 38.4 Å². The first-order valence-corrected chi connectivity index (χ1v) is 7.37. The first-order chi connectivity index (χ1) is 9.83. The van der Waals surface area contributed by atoms with E-state index in [1.165, 1.54) is 16.5 Å². The van der Waals surface area contributed by atoms with Crippen molar-refractivity contribution in [3.05, 3.63) is 41.6 Å². The van der Waals surface area contributed by atoms with Crippen LogP contribution in [0, 0.1) is 6.92 Å². The summed E-state index contributed by atoms with van der Waals surface area (Å²) >= 11 is 0. The molecule has 0 spiro atoms. The number of aryl methyl sites for hydroxylation is 2. The van der Waals surface area contributed by atoms with Gasteiger partial charge in [-0.1, -0.05) is 11.6 Å². The first-order valence-electron chi connectivity index (χ1n) is 7.37. The molecule has 3 heteroatoms. The Balaban J connectivity index is 1.96. The van der Waals surface area contributed by atoms with Crippen LogP contribution in [-0.2, 0) is 16.1 Å².